The van der Waals surface area contributed by atoms with Crippen LogP contribution in [0.4, 0.5) is 4.79 Å². The first-order chi connectivity index (χ1) is 8.76. The third kappa shape index (κ3) is 4.76. The SMILES string of the molecule is COC(=O)CC[C@@H](NC(=O)NC1CC1(C)C)C(=O)O. The van der Waals surface area contributed by atoms with Gasteiger partial charge in [0.25, 0.3) is 0 Å². The fourth-order valence-corrected chi connectivity index (χ4v) is 1.69. The van der Waals surface area contributed by atoms with Crippen LogP contribution in [0.3, 0.4) is 0 Å². The number of esters is 1. The van der Waals surface area contributed by atoms with Crippen LogP contribution in [-0.2, 0) is 14.3 Å². The van der Waals surface area contributed by atoms with Gasteiger partial charge in [-0.05, 0) is 18.3 Å². The molecule has 7 heteroatoms. The maximum absolute atomic E-state index is 11.6. The van der Waals surface area contributed by atoms with Crippen molar-refractivity contribution in [3.05, 3.63) is 0 Å². The third-order valence-electron chi connectivity index (χ3n) is 3.29. The van der Waals surface area contributed by atoms with Crippen molar-refractivity contribution in [2.24, 2.45) is 5.41 Å². The lowest BCUT2D eigenvalue weighted by Crippen LogP contribution is -2.47. The van der Waals surface area contributed by atoms with Crippen LogP contribution in [0.15, 0.2) is 0 Å². The number of rotatable bonds is 6. The molecule has 0 aromatic carbocycles. The number of ether oxygens (including phenoxy) is 1. The number of carbonyl (C=O) groups is 3. The van der Waals surface area contributed by atoms with E-state index >= 15 is 0 Å². The zero-order valence-electron chi connectivity index (χ0n) is 11.4. The topological polar surface area (TPSA) is 105 Å². The Morgan fingerprint density at radius 2 is 2.00 bits per heavy atom. The van der Waals surface area contributed by atoms with Crippen LogP contribution in [0.2, 0.25) is 0 Å². The van der Waals surface area contributed by atoms with Gasteiger partial charge in [0.15, 0.2) is 0 Å². The lowest BCUT2D eigenvalue weighted by molar-refractivity contribution is -0.142. The Kier molecular flexibility index (Phi) is 4.74. The molecule has 0 radical (unpaired) electrons. The van der Waals surface area contributed by atoms with Crippen molar-refractivity contribution in [1.82, 2.24) is 10.6 Å². The number of urea groups is 1. The smallest absolute Gasteiger partial charge is 0.326 e. The summed E-state index contributed by atoms with van der Waals surface area (Å²) in [5, 5.41) is 14.0. The number of nitrogens with one attached hydrogen (secondary N) is 2. The lowest BCUT2D eigenvalue weighted by Gasteiger charge is -2.15. The highest BCUT2D eigenvalue weighted by Gasteiger charge is 2.46. The highest BCUT2D eigenvalue weighted by atomic mass is 16.5. The largest absolute Gasteiger partial charge is 0.480 e. The molecule has 0 aliphatic heterocycles. The molecule has 0 saturated heterocycles. The monoisotopic (exact) mass is 272 g/mol. The third-order valence-corrected chi connectivity index (χ3v) is 3.29. The van der Waals surface area contributed by atoms with E-state index in [1.807, 2.05) is 13.8 Å². The Balaban J connectivity index is 2.38. The molecular formula is C12H20N2O5. The number of carboxylic acids is 1. The minimum Gasteiger partial charge on any atom is -0.480 e. The summed E-state index contributed by atoms with van der Waals surface area (Å²) in [5.41, 5.74) is 0.0715. The summed E-state index contributed by atoms with van der Waals surface area (Å²) >= 11 is 0. The Morgan fingerprint density at radius 1 is 1.42 bits per heavy atom. The molecule has 2 atom stereocenters. The maximum Gasteiger partial charge on any atom is 0.326 e. The molecule has 1 aliphatic rings. The van der Waals surface area contributed by atoms with Crippen molar-refractivity contribution in [2.75, 3.05) is 7.11 Å². The number of carbonyl (C=O) groups excluding carboxylic acids is 2. The molecular weight excluding hydrogens is 252 g/mol. The van der Waals surface area contributed by atoms with Crippen molar-refractivity contribution in [2.45, 2.75) is 45.2 Å². The second-order valence-corrected chi connectivity index (χ2v) is 5.37. The van der Waals surface area contributed by atoms with Gasteiger partial charge in [0.1, 0.15) is 6.04 Å². The zero-order chi connectivity index (χ0) is 14.6. The molecule has 108 valence electrons. The van der Waals surface area contributed by atoms with Gasteiger partial charge in [-0.1, -0.05) is 13.8 Å². The molecule has 1 fully saturated rings. The summed E-state index contributed by atoms with van der Waals surface area (Å²) in [7, 11) is 1.23. The predicted molar refractivity (Wildman–Crippen MR) is 66.5 cm³/mol. The molecule has 1 rings (SSSR count). The normalized spacial score (nSPS) is 21.1. The highest BCUT2D eigenvalue weighted by Crippen LogP contribution is 2.44. The summed E-state index contributed by atoms with van der Waals surface area (Å²) < 4.78 is 4.43. The Hall–Kier alpha value is -1.79. The van der Waals surface area contributed by atoms with Gasteiger partial charge in [-0.25, -0.2) is 9.59 Å². The molecule has 0 aromatic heterocycles. The van der Waals surface area contributed by atoms with Gasteiger partial charge < -0.3 is 20.5 Å². The average Bonchev–Trinajstić information content (AvgIpc) is 2.90. The van der Waals surface area contributed by atoms with Crippen molar-refractivity contribution in [1.29, 1.82) is 0 Å². The van der Waals surface area contributed by atoms with Gasteiger partial charge in [0.2, 0.25) is 0 Å². The van der Waals surface area contributed by atoms with Crippen molar-refractivity contribution in [3.63, 3.8) is 0 Å². The van der Waals surface area contributed by atoms with Crippen LogP contribution in [0, 0.1) is 5.41 Å². The van der Waals surface area contributed by atoms with Gasteiger partial charge >= 0.3 is 18.0 Å². The summed E-state index contributed by atoms with van der Waals surface area (Å²) in [6.45, 7) is 4.04. The summed E-state index contributed by atoms with van der Waals surface area (Å²) in [6, 6.07) is -1.55. The molecule has 7 nitrogen and oxygen atoms in total. The number of aliphatic carboxylic acids is 1. The van der Waals surface area contributed by atoms with Gasteiger partial charge in [0.05, 0.1) is 7.11 Å². The van der Waals surface area contributed by atoms with E-state index in [0.717, 1.165) is 6.42 Å². The maximum atomic E-state index is 11.6. The molecule has 2 amide bonds. The quantitative estimate of drug-likeness (QED) is 0.610. The Bertz CT molecular complexity index is 380. The van der Waals surface area contributed by atoms with E-state index in [1.165, 1.54) is 7.11 Å². The summed E-state index contributed by atoms with van der Waals surface area (Å²) in [6.07, 6.45) is 0.826. The molecule has 1 aliphatic carbocycles. The van der Waals surface area contributed by atoms with Crippen molar-refractivity contribution >= 4 is 18.0 Å². The first kappa shape index (κ1) is 15.3. The van der Waals surface area contributed by atoms with Gasteiger partial charge in [-0.2, -0.15) is 0 Å². The zero-order valence-corrected chi connectivity index (χ0v) is 11.4. The number of hydrogen-bond acceptors (Lipinski definition) is 4. The first-order valence-electron chi connectivity index (χ1n) is 6.13. The molecule has 1 saturated carbocycles. The van der Waals surface area contributed by atoms with Gasteiger partial charge in [0, 0.05) is 12.5 Å². The minimum atomic E-state index is -1.17. The highest BCUT2D eigenvalue weighted by molar-refractivity contribution is 5.83. The molecule has 0 heterocycles. The molecule has 19 heavy (non-hydrogen) atoms. The van der Waals surface area contributed by atoms with E-state index in [0.29, 0.717) is 0 Å². The van der Waals surface area contributed by atoms with Crippen LogP contribution >= 0.6 is 0 Å². The van der Waals surface area contributed by atoms with E-state index < -0.39 is 24.0 Å². The van der Waals surface area contributed by atoms with E-state index in [9.17, 15) is 14.4 Å². The van der Waals surface area contributed by atoms with Gasteiger partial charge in [-0.3, -0.25) is 4.79 Å². The van der Waals surface area contributed by atoms with Crippen molar-refractivity contribution in [3.8, 4) is 0 Å². The summed E-state index contributed by atoms with van der Waals surface area (Å²) in [5.74, 6) is -1.68. The number of carboxylic acid groups (broad SMARTS) is 1. The molecule has 3 N–H and O–H groups in total. The van der Waals surface area contributed by atoms with Gasteiger partial charge in [-0.15, -0.1) is 0 Å². The van der Waals surface area contributed by atoms with Crippen LogP contribution in [0.1, 0.15) is 33.1 Å². The van der Waals surface area contributed by atoms with Crippen LogP contribution in [0.25, 0.3) is 0 Å². The number of methoxy groups -OCH3 is 1. The molecule has 0 spiro atoms. The number of amides is 2. The van der Waals surface area contributed by atoms with Crippen LogP contribution < -0.4 is 10.6 Å². The Labute approximate surface area is 111 Å². The lowest BCUT2D eigenvalue weighted by atomic mass is 10.1. The van der Waals surface area contributed by atoms with Crippen molar-refractivity contribution < 1.29 is 24.2 Å². The van der Waals surface area contributed by atoms with Crippen LogP contribution in [-0.4, -0.2) is 42.3 Å². The predicted octanol–water partition coefficient (Wildman–Crippen LogP) is 0.491. The second-order valence-electron chi connectivity index (χ2n) is 5.37. The summed E-state index contributed by atoms with van der Waals surface area (Å²) in [4.78, 5) is 33.5. The second kappa shape index (κ2) is 5.90. The fourth-order valence-electron chi connectivity index (χ4n) is 1.69. The molecule has 0 bridgehead atoms. The standard InChI is InChI=1S/C12H20N2O5/c1-12(2)6-8(12)14-11(18)13-7(10(16)17)4-5-9(15)19-3/h7-8H,4-6H2,1-3H3,(H,16,17)(H2,13,14,18)/t7-,8?/m1/s1. The molecule has 0 aromatic rings. The number of hydrogen-bond donors (Lipinski definition) is 3. The van der Waals surface area contributed by atoms with E-state index in [4.69, 9.17) is 5.11 Å². The minimum absolute atomic E-state index is 0.00346. The molecule has 1 unspecified atom stereocenters. The first-order valence-corrected chi connectivity index (χ1v) is 6.13. The van der Waals surface area contributed by atoms with Crippen LogP contribution in [0.5, 0.6) is 0 Å². The Morgan fingerprint density at radius 3 is 2.42 bits per heavy atom. The van der Waals surface area contributed by atoms with E-state index in [2.05, 4.69) is 15.4 Å². The van der Waals surface area contributed by atoms with E-state index in [-0.39, 0.29) is 24.3 Å². The fraction of sp³-hybridized carbons (Fsp3) is 0.750. The van der Waals surface area contributed by atoms with E-state index in [1.54, 1.807) is 0 Å². The average molecular weight is 272 g/mol.